The van der Waals surface area contributed by atoms with Gasteiger partial charge in [-0.05, 0) is 37.9 Å². The van der Waals surface area contributed by atoms with Crippen LogP contribution in [0.2, 0.25) is 0 Å². The lowest BCUT2D eigenvalue weighted by Crippen LogP contribution is -2.53. The number of ether oxygens (including phenoxy) is 3. The molecule has 1 aromatic carbocycles. The van der Waals surface area contributed by atoms with E-state index in [4.69, 9.17) is 14.2 Å². The normalized spacial score (nSPS) is 30.4. The molecule has 2 fully saturated rings. The van der Waals surface area contributed by atoms with Gasteiger partial charge in [0.2, 0.25) is 5.75 Å². The van der Waals surface area contributed by atoms with Gasteiger partial charge in [0.25, 0.3) is 0 Å². The van der Waals surface area contributed by atoms with Crippen LogP contribution in [0, 0.1) is 5.92 Å². The summed E-state index contributed by atoms with van der Waals surface area (Å²) in [6, 6.07) is 4.01. The molecule has 0 amide bonds. The second-order valence-corrected chi connectivity index (χ2v) is 6.56. The van der Waals surface area contributed by atoms with Gasteiger partial charge in [-0.2, -0.15) is 0 Å². The molecule has 5 heteroatoms. The molecule has 23 heavy (non-hydrogen) atoms. The maximum atomic E-state index is 11.1. The van der Waals surface area contributed by atoms with Crippen LogP contribution in [0.1, 0.15) is 43.7 Å². The molecular weight excluding hydrogens is 294 g/mol. The Kier molecular flexibility index (Phi) is 4.69. The van der Waals surface area contributed by atoms with Crippen LogP contribution in [-0.2, 0) is 0 Å². The molecule has 3 rings (SSSR count). The summed E-state index contributed by atoms with van der Waals surface area (Å²) in [5.41, 5.74) is 0.474. The Morgan fingerprint density at radius 2 is 1.83 bits per heavy atom. The van der Waals surface area contributed by atoms with Crippen molar-refractivity contribution in [3.8, 4) is 17.2 Å². The van der Waals surface area contributed by atoms with Crippen LogP contribution in [0.5, 0.6) is 17.2 Å². The van der Waals surface area contributed by atoms with Gasteiger partial charge < -0.3 is 24.6 Å². The lowest BCUT2D eigenvalue weighted by Gasteiger charge is -2.48. The second-order valence-electron chi connectivity index (χ2n) is 6.56. The highest BCUT2D eigenvalue weighted by molar-refractivity contribution is 5.57. The van der Waals surface area contributed by atoms with Crippen LogP contribution in [0.4, 0.5) is 0 Å². The molecule has 0 aromatic heterocycles. The zero-order valence-corrected chi connectivity index (χ0v) is 14.2. The van der Waals surface area contributed by atoms with Gasteiger partial charge in [0.15, 0.2) is 11.5 Å². The molecule has 3 atom stereocenters. The molecule has 1 saturated heterocycles. The van der Waals surface area contributed by atoms with Crippen molar-refractivity contribution in [2.75, 3.05) is 27.9 Å². The maximum Gasteiger partial charge on any atom is 0.203 e. The van der Waals surface area contributed by atoms with E-state index in [0.29, 0.717) is 17.2 Å². The third-order valence-electron chi connectivity index (χ3n) is 5.46. The van der Waals surface area contributed by atoms with Crippen LogP contribution in [-0.4, -0.2) is 38.6 Å². The van der Waals surface area contributed by atoms with Crippen molar-refractivity contribution >= 4 is 0 Å². The highest BCUT2D eigenvalue weighted by Crippen LogP contribution is 2.50. The predicted molar refractivity (Wildman–Crippen MR) is 88.4 cm³/mol. The molecule has 0 radical (unpaired) electrons. The molecule has 1 aliphatic heterocycles. The number of benzene rings is 1. The number of nitrogens with one attached hydrogen (secondary N) is 1. The van der Waals surface area contributed by atoms with Crippen molar-refractivity contribution in [3.63, 3.8) is 0 Å². The summed E-state index contributed by atoms with van der Waals surface area (Å²) < 4.78 is 16.5. The second kappa shape index (κ2) is 6.57. The standard InChI is InChI=1S/C18H27NO4/c1-21-14-8-7-12(16(22-2)17(14)23-3)15-13-6-4-5-9-18(13,20)10-11-19-15/h7-8,13,15,19-20H,4-6,9-11H2,1-3H3/t13-,15-,18+/m1/s1. The zero-order valence-electron chi connectivity index (χ0n) is 14.2. The number of aliphatic hydroxyl groups is 1. The van der Waals surface area contributed by atoms with E-state index in [2.05, 4.69) is 5.32 Å². The number of methoxy groups -OCH3 is 3. The fourth-order valence-corrected chi connectivity index (χ4v) is 4.32. The topological polar surface area (TPSA) is 60.0 Å². The first-order valence-corrected chi connectivity index (χ1v) is 8.39. The van der Waals surface area contributed by atoms with Crippen LogP contribution in [0.25, 0.3) is 0 Å². The molecule has 1 saturated carbocycles. The molecule has 5 nitrogen and oxygen atoms in total. The Bertz CT molecular complexity index is 558. The number of hydrogen-bond donors (Lipinski definition) is 2. The molecule has 1 aromatic rings. The Hall–Kier alpha value is -1.46. The summed E-state index contributed by atoms with van der Waals surface area (Å²) in [4.78, 5) is 0. The first-order valence-electron chi connectivity index (χ1n) is 8.39. The van der Waals surface area contributed by atoms with Gasteiger partial charge in [-0.25, -0.2) is 0 Å². The minimum absolute atomic E-state index is 0.0730. The molecule has 0 unspecified atom stereocenters. The molecule has 128 valence electrons. The monoisotopic (exact) mass is 321 g/mol. The van der Waals surface area contributed by atoms with E-state index in [1.54, 1.807) is 21.3 Å². The van der Waals surface area contributed by atoms with Crippen molar-refractivity contribution in [1.82, 2.24) is 5.32 Å². The van der Waals surface area contributed by atoms with Gasteiger partial charge in [0.05, 0.1) is 26.9 Å². The van der Waals surface area contributed by atoms with Gasteiger partial charge in [0, 0.05) is 17.5 Å². The predicted octanol–water partition coefficient (Wildman–Crippen LogP) is 2.67. The fourth-order valence-electron chi connectivity index (χ4n) is 4.32. The zero-order chi connectivity index (χ0) is 16.4. The highest BCUT2D eigenvalue weighted by Gasteiger charge is 2.46. The molecular formula is C18H27NO4. The molecule has 1 aliphatic carbocycles. The van der Waals surface area contributed by atoms with Gasteiger partial charge >= 0.3 is 0 Å². The molecule has 0 spiro atoms. The van der Waals surface area contributed by atoms with E-state index in [-0.39, 0.29) is 12.0 Å². The van der Waals surface area contributed by atoms with Crippen molar-refractivity contribution in [1.29, 1.82) is 0 Å². The minimum atomic E-state index is -0.563. The molecule has 2 N–H and O–H groups in total. The quantitative estimate of drug-likeness (QED) is 0.893. The summed E-state index contributed by atoms with van der Waals surface area (Å²) in [5, 5.41) is 14.7. The highest BCUT2D eigenvalue weighted by atomic mass is 16.5. The summed E-state index contributed by atoms with van der Waals surface area (Å²) in [6.45, 7) is 0.815. The lowest BCUT2D eigenvalue weighted by molar-refractivity contribution is -0.0863. The smallest absolute Gasteiger partial charge is 0.203 e. The number of rotatable bonds is 4. The lowest BCUT2D eigenvalue weighted by atomic mass is 9.66. The van der Waals surface area contributed by atoms with Crippen LogP contribution < -0.4 is 19.5 Å². The van der Waals surface area contributed by atoms with Gasteiger partial charge in [-0.3, -0.25) is 0 Å². The fraction of sp³-hybridized carbons (Fsp3) is 0.667. The molecule has 1 heterocycles. The summed E-state index contributed by atoms with van der Waals surface area (Å²) in [6.07, 6.45) is 5.03. The maximum absolute atomic E-state index is 11.1. The van der Waals surface area contributed by atoms with Crippen LogP contribution >= 0.6 is 0 Å². The molecule has 0 bridgehead atoms. The van der Waals surface area contributed by atoms with Crippen LogP contribution in [0.3, 0.4) is 0 Å². The van der Waals surface area contributed by atoms with E-state index >= 15 is 0 Å². The Balaban J connectivity index is 2.03. The first kappa shape index (κ1) is 16.4. The van der Waals surface area contributed by atoms with Crippen molar-refractivity contribution in [3.05, 3.63) is 17.7 Å². The summed E-state index contributed by atoms with van der Waals surface area (Å²) >= 11 is 0. The van der Waals surface area contributed by atoms with E-state index in [0.717, 1.165) is 37.8 Å². The average molecular weight is 321 g/mol. The van der Waals surface area contributed by atoms with E-state index in [1.165, 1.54) is 6.42 Å². The minimum Gasteiger partial charge on any atom is -0.493 e. The average Bonchev–Trinajstić information content (AvgIpc) is 2.59. The van der Waals surface area contributed by atoms with Crippen molar-refractivity contribution in [2.45, 2.75) is 43.7 Å². The van der Waals surface area contributed by atoms with Gasteiger partial charge in [-0.1, -0.05) is 12.8 Å². The Morgan fingerprint density at radius 3 is 2.52 bits per heavy atom. The van der Waals surface area contributed by atoms with E-state index < -0.39 is 5.60 Å². The number of piperidine rings is 1. The molecule has 2 aliphatic rings. The number of fused-ring (bicyclic) bond motifs is 1. The van der Waals surface area contributed by atoms with Crippen molar-refractivity contribution in [2.24, 2.45) is 5.92 Å². The number of hydrogen-bond acceptors (Lipinski definition) is 5. The van der Waals surface area contributed by atoms with Gasteiger partial charge in [0.1, 0.15) is 0 Å². The SMILES string of the molecule is COc1ccc([C@H]2NCC[C@@]3(O)CCCC[C@H]23)c(OC)c1OC. The summed E-state index contributed by atoms with van der Waals surface area (Å²) in [7, 11) is 4.89. The first-order chi connectivity index (χ1) is 11.1. The van der Waals surface area contributed by atoms with Crippen LogP contribution in [0.15, 0.2) is 12.1 Å². The third-order valence-corrected chi connectivity index (χ3v) is 5.46. The largest absolute Gasteiger partial charge is 0.493 e. The third kappa shape index (κ3) is 2.76. The van der Waals surface area contributed by atoms with Crippen molar-refractivity contribution < 1.29 is 19.3 Å². The van der Waals surface area contributed by atoms with E-state index in [1.807, 2.05) is 12.1 Å². The Labute approximate surface area is 137 Å². The van der Waals surface area contributed by atoms with Gasteiger partial charge in [-0.15, -0.1) is 0 Å². The Morgan fingerprint density at radius 1 is 1.04 bits per heavy atom. The van der Waals surface area contributed by atoms with E-state index in [9.17, 15) is 5.11 Å². The summed E-state index contributed by atoms with van der Waals surface area (Å²) in [5.74, 6) is 2.17.